The second-order valence-corrected chi connectivity index (χ2v) is 8.90. The summed E-state index contributed by atoms with van der Waals surface area (Å²) in [5, 5.41) is 0. The Hall–Kier alpha value is -3.51. The van der Waals surface area contributed by atoms with E-state index in [1.807, 2.05) is 54.6 Å². The van der Waals surface area contributed by atoms with E-state index in [0.717, 1.165) is 16.7 Å². The molecule has 0 aromatic heterocycles. The van der Waals surface area contributed by atoms with Crippen molar-refractivity contribution in [3.8, 4) is 0 Å². The number of carbonyl (C=O) groups excluding carboxylic acids is 1. The van der Waals surface area contributed by atoms with E-state index in [9.17, 15) is 4.79 Å². The molecule has 1 saturated heterocycles. The smallest absolute Gasteiger partial charge is 0.306 e. The largest absolute Gasteiger partial charge is 0.459 e. The Morgan fingerprint density at radius 3 is 1.73 bits per heavy atom. The highest BCUT2D eigenvalue weighted by atomic mass is 16.6. The van der Waals surface area contributed by atoms with Gasteiger partial charge in [0.2, 0.25) is 0 Å². The van der Waals surface area contributed by atoms with Gasteiger partial charge in [0.1, 0.15) is 23.9 Å². The highest BCUT2D eigenvalue weighted by Crippen LogP contribution is 2.41. The summed E-state index contributed by atoms with van der Waals surface area (Å²) in [6.45, 7) is 8.37. The van der Waals surface area contributed by atoms with Crippen LogP contribution in [0.25, 0.3) is 0 Å². The van der Waals surface area contributed by atoms with Gasteiger partial charge in [-0.25, -0.2) is 0 Å². The second-order valence-electron chi connectivity index (χ2n) is 8.90. The van der Waals surface area contributed by atoms with Gasteiger partial charge in [0.05, 0.1) is 19.8 Å². The Morgan fingerprint density at radius 2 is 1.30 bits per heavy atom. The van der Waals surface area contributed by atoms with Gasteiger partial charge in [-0.2, -0.15) is 0 Å². The molecule has 5 heteroatoms. The number of benzene rings is 3. The normalized spacial score (nSPS) is 17.1. The summed E-state index contributed by atoms with van der Waals surface area (Å²) in [6.07, 6.45) is 2.82. The van der Waals surface area contributed by atoms with Gasteiger partial charge in [-0.1, -0.05) is 103 Å². The summed E-state index contributed by atoms with van der Waals surface area (Å²) in [4.78, 5) is 12.0. The maximum atomic E-state index is 12.0. The van der Waals surface area contributed by atoms with E-state index in [2.05, 4.69) is 49.6 Å². The van der Waals surface area contributed by atoms with Crippen molar-refractivity contribution in [1.82, 2.24) is 0 Å². The van der Waals surface area contributed by atoms with E-state index in [4.69, 9.17) is 18.9 Å². The molecule has 1 heterocycles. The molecule has 192 valence electrons. The SMILES string of the molecule is C=CCO[C@H]([C@@H](COC(c1ccccc1)(c1ccccc1)c1ccccc1)OCC=C)[C@H]1CCC(=O)O1. The highest BCUT2D eigenvalue weighted by Gasteiger charge is 2.42. The molecule has 0 unspecified atom stereocenters. The molecule has 4 rings (SSSR count). The third-order valence-electron chi connectivity index (χ3n) is 6.49. The Bertz CT molecular complexity index is 1030. The van der Waals surface area contributed by atoms with Crippen molar-refractivity contribution < 1.29 is 23.7 Å². The number of rotatable bonds is 14. The average Bonchev–Trinajstić information content (AvgIpc) is 3.39. The van der Waals surface area contributed by atoms with Crippen molar-refractivity contribution in [2.75, 3.05) is 19.8 Å². The van der Waals surface area contributed by atoms with E-state index in [0.29, 0.717) is 26.1 Å². The highest BCUT2D eigenvalue weighted by molar-refractivity contribution is 5.71. The van der Waals surface area contributed by atoms with Crippen LogP contribution in [0.4, 0.5) is 0 Å². The molecule has 5 nitrogen and oxygen atoms in total. The Morgan fingerprint density at radius 1 is 0.811 bits per heavy atom. The van der Waals surface area contributed by atoms with Crippen LogP contribution >= 0.6 is 0 Å². The lowest BCUT2D eigenvalue weighted by Crippen LogP contribution is -2.46. The number of cyclic esters (lactones) is 1. The van der Waals surface area contributed by atoms with Crippen molar-refractivity contribution in [3.63, 3.8) is 0 Å². The van der Waals surface area contributed by atoms with E-state index in [-0.39, 0.29) is 12.6 Å². The molecule has 3 atom stereocenters. The van der Waals surface area contributed by atoms with Crippen LogP contribution in [0.1, 0.15) is 29.5 Å². The molecule has 0 amide bonds. The lowest BCUT2D eigenvalue weighted by Gasteiger charge is -2.38. The van der Waals surface area contributed by atoms with Crippen molar-refractivity contribution in [2.24, 2.45) is 0 Å². The quantitative estimate of drug-likeness (QED) is 0.159. The van der Waals surface area contributed by atoms with E-state index >= 15 is 0 Å². The van der Waals surface area contributed by atoms with Gasteiger partial charge in [-0.15, -0.1) is 13.2 Å². The molecular weight excluding hydrogens is 464 g/mol. The molecule has 0 saturated carbocycles. The van der Waals surface area contributed by atoms with Gasteiger partial charge < -0.3 is 18.9 Å². The van der Waals surface area contributed by atoms with Gasteiger partial charge in [-0.3, -0.25) is 4.79 Å². The van der Waals surface area contributed by atoms with Gasteiger partial charge in [-0.05, 0) is 23.1 Å². The minimum atomic E-state index is -0.908. The third-order valence-corrected chi connectivity index (χ3v) is 6.49. The van der Waals surface area contributed by atoms with Crippen LogP contribution in [0.3, 0.4) is 0 Å². The minimum Gasteiger partial charge on any atom is -0.459 e. The number of ether oxygens (including phenoxy) is 4. The van der Waals surface area contributed by atoms with Crippen LogP contribution in [-0.2, 0) is 29.3 Å². The Labute approximate surface area is 219 Å². The zero-order valence-corrected chi connectivity index (χ0v) is 21.0. The van der Waals surface area contributed by atoms with Gasteiger partial charge in [0, 0.05) is 6.42 Å². The molecule has 1 fully saturated rings. The van der Waals surface area contributed by atoms with E-state index in [1.54, 1.807) is 12.2 Å². The standard InChI is InChI=1S/C32H34O5/c1-3-22-34-29(31(35-23-4-2)28-20-21-30(33)37-28)24-36-32(25-14-8-5-9-15-25,26-16-10-6-11-17-26)27-18-12-7-13-19-27/h3-19,28-29,31H,1-2,20-24H2/t28-,29-,31+/m1/s1. The minimum absolute atomic E-state index is 0.183. The lowest BCUT2D eigenvalue weighted by molar-refractivity contribution is -0.165. The monoisotopic (exact) mass is 498 g/mol. The fraction of sp³-hybridized carbons (Fsp3) is 0.281. The summed E-state index contributed by atoms with van der Waals surface area (Å²) in [5.74, 6) is -0.229. The molecule has 0 bridgehead atoms. The maximum absolute atomic E-state index is 12.0. The van der Waals surface area contributed by atoms with Crippen molar-refractivity contribution >= 4 is 5.97 Å². The molecular formula is C32H34O5. The van der Waals surface area contributed by atoms with Crippen LogP contribution < -0.4 is 0 Å². The molecule has 3 aromatic rings. The first-order valence-corrected chi connectivity index (χ1v) is 12.6. The number of carbonyl (C=O) groups is 1. The fourth-order valence-electron chi connectivity index (χ4n) is 4.82. The first-order valence-electron chi connectivity index (χ1n) is 12.6. The van der Waals surface area contributed by atoms with Crippen molar-refractivity contribution in [1.29, 1.82) is 0 Å². The lowest BCUT2D eigenvalue weighted by atomic mass is 9.80. The molecule has 0 aliphatic carbocycles. The summed E-state index contributed by atoms with van der Waals surface area (Å²) >= 11 is 0. The molecule has 1 aliphatic rings. The predicted octanol–water partition coefficient (Wildman–Crippen LogP) is 5.84. The molecule has 3 aromatic carbocycles. The zero-order valence-electron chi connectivity index (χ0n) is 21.0. The van der Waals surface area contributed by atoms with E-state index < -0.39 is 23.9 Å². The zero-order chi connectivity index (χ0) is 25.9. The molecule has 0 spiro atoms. The van der Waals surface area contributed by atoms with Gasteiger partial charge >= 0.3 is 5.97 Å². The number of esters is 1. The molecule has 0 radical (unpaired) electrons. The summed E-state index contributed by atoms with van der Waals surface area (Å²) in [5.41, 5.74) is 2.07. The molecule has 1 aliphatic heterocycles. The van der Waals surface area contributed by atoms with Crippen LogP contribution in [0.5, 0.6) is 0 Å². The summed E-state index contributed by atoms with van der Waals surface area (Å²) in [7, 11) is 0. The predicted molar refractivity (Wildman–Crippen MR) is 144 cm³/mol. The Balaban J connectivity index is 1.76. The van der Waals surface area contributed by atoms with Gasteiger partial charge in [0.15, 0.2) is 0 Å². The van der Waals surface area contributed by atoms with Crippen LogP contribution in [0.2, 0.25) is 0 Å². The Kier molecular flexibility index (Phi) is 9.44. The topological polar surface area (TPSA) is 54.0 Å². The van der Waals surface area contributed by atoms with E-state index in [1.165, 1.54) is 0 Å². The van der Waals surface area contributed by atoms with Crippen molar-refractivity contribution in [3.05, 3.63) is 133 Å². The van der Waals surface area contributed by atoms with Crippen LogP contribution in [0.15, 0.2) is 116 Å². The fourth-order valence-corrected chi connectivity index (χ4v) is 4.82. The maximum Gasteiger partial charge on any atom is 0.306 e. The van der Waals surface area contributed by atoms with Crippen LogP contribution in [-0.4, -0.2) is 44.1 Å². The molecule has 37 heavy (non-hydrogen) atoms. The first-order chi connectivity index (χ1) is 18.2. The number of hydrogen-bond donors (Lipinski definition) is 0. The third kappa shape index (κ3) is 6.25. The summed E-state index contributed by atoms with van der Waals surface area (Å²) < 4.78 is 24.9. The van der Waals surface area contributed by atoms with Crippen molar-refractivity contribution in [2.45, 2.75) is 36.8 Å². The molecule has 0 N–H and O–H groups in total. The second kappa shape index (κ2) is 13.2. The van der Waals surface area contributed by atoms with Crippen LogP contribution in [0, 0.1) is 0 Å². The average molecular weight is 499 g/mol. The first kappa shape index (κ1) is 26.6. The van der Waals surface area contributed by atoms with Gasteiger partial charge in [0.25, 0.3) is 0 Å². The number of hydrogen-bond acceptors (Lipinski definition) is 5. The summed E-state index contributed by atoms with van der Waals surface area (Å²) in [6, 6.07) is 30.5.